The van der Waals surface area contributed by atoms with Crippen LogP contribution in [0.25, 0.3) is 33.8 Å². The normalized spacial score (nSPS) is 11.7. The summed E-state index contributed by atoms with van der Waals surface area (Å²) in [4.78, 5) is 28.0. The van der Waals surface area contributed by atoms with Gasteiger partial charge in [0, 0.05) is 16.8 Å². The summed E-state index contributed by atoms with van der Waals surface area (Å²) < 4.78 is 43.4. The fraction of sp³-hybridized carbons (Fsp3) is 0.0870. The van der Waals surface area contributed by atoms with Gasteiger partial charge in [-0.25, -0.2) is 9.97 Å². The molecule has 35 heavy (non-hydrogen) atoms. The second-order valence-electron chi connectivity index (χ2n) is 7.55. The Morgan fingerprint density at radius 3 is 2.63 bits per heavy atom. The van der Waals surface area contributed by atoms with Crippen LogP contribution in [0.2, 0.25) is 5.02 Å². The van der Waals surface area contributed by atoms with Crippen LogP contribution < -0.4 is 5.32 Å². The van der Waals surface area contributed by atoms with Gasteiger partial charge in [-0.05, 0) is 55.5 Å². The zero-order valence-corrected chi connectivity index (χ0v) is 18.6. The molecule has 3 aromatic heterocycles. The Balaban J connectivity index is 1.43. The first-order valence-electron chi connectivity index (χ1n) is 10.1. The third-order valence-corrected chi connectivity index (χ3v) is 5.53. The van der Waals surface area contributed by atoms with Gasteiger partial charge in [0.2, 0.25) is 12.2 Å². The SMILES string of the molecule is Cc1nc(C(F)(F)F)ccc1C(=O)Nc1ccc(Cl)c(-c2nc3ccc(-c4ncon4)cc3[nH]2)c1. The molecule has 0 spiro atoms. The zero-order valence-electron chi connectivity index (χ0n) is 17.8. The average molecular weight is 499 g/mol. The van der Waals surface area contributed by atoms with Crippen LogP contribution in [0.1, 0.15) is 21.7 Å². The predicted molar refractivity (Wildman–Crippen MR) is 122 cm³/mol. The predicted octanol–water partition coefficient (Wildman–Crippen LogP) is 5.91. The summed E-state index contributed by atoms with van der Waals surface area (Å²) in [6.45, 7) is 1.34. The lowest BCUT2D eigenvalue weighted by molar-refractivity contribution is -0.141. The van der Waals surface area contributed by atoms with Gasteiger partial charge in [0.25, 0.3) is 5.91 Å². The van der Waals surface area contributed by atoms with Gasteiger partial charge in [0.1, 0.15) is 11.5 Å². The van der Waals surface area contributed by atoms with E-state index in [0.29, 0.717) is 39.0 Å². The van der Waals surface area contributed by atoms with E-state index in [1.807, 2.05) is 6.07 Å². The molecule has 0 bridgehead atoms. The van der Waals surface area contributed by atoms with E-state index >= 15 is 0 Å². The number of carbonyl (C=O) groups is 1. The smallest absolute Gasteiger partial charge is 0.342 e. The molecular formula is C23H14ClF3N6O2. The van der Waals surface area contributed by atoms with Crippen LogP contribution in [-0.4, -0.2) is 31.0 Å². The molecule has 2 aromatic carbocycles. The Hall–Kier alpha value is -4.25. The van der Waals surface area contributed by atoms with Crippen molar-refractivity contribution in [2.75, 3.05) is 5.32 Å². The maximum Gasteiger partial charge on any atom is 0.433 e. The summed E-state index contributed by atoms with van der Waals surface area (Å²) in [6.07, 6.45) is -3.36. The monoisotopic (exact) mass is 498 g/mol. The molecule has 8 nitrogen and oxygen atoms in total. The molecular weight excluding hydrogens is 485 g/mol. The van der Waals surface area contributed by atoms with Gasteiger partial charge in [-0.1, -0.05) is 16.8 Å². The molecule has 0 aliphatic heterocycles. The number of hydrogen-bond acceptors (Lipinski definition) is 6. The quantitative estimate of drug-likeness (QED) is 0.319. The summed E-state index contributed by atoms with van der Waals surface area (Å²) in [5.41, 5.74) is 1.92. The number of alkyl halides is 3. The molecule has 176 valence electrons. The standard InChI is InChI=1S/C23H14ClF3N6O2/c1-11-14(4-7-19(29-11)23(25,26)27)22(34)30-13-3-5-16(24)15(9-13)21-31-17-6-2-12(8-18(17)32-21)20-28-10-35-33-20/h2-10H,1H3,(H,30,34)(H,31,32). The second-order valence-corrected chi connectivity index (χ2v) is 7.96. The fourth-order valence-electron chi connectivity index (χ4n) is 3.52. The Bertz CT molecular complexity index is 1560. The van der Waals surface area contributed by atoms with E-state index in [4.69, 9.17) is 16.1 Å². The minimum atomic E-state index is -4.59. The van der Waals surface area contributed by atoms with E-state index in [2.05, 4.69) is 30.4 Å². The van der Waals surface area contributed by atoms with E-state index in [9.17, 15) is 18.0 Å². The van der Waals surface area contributed by atoms with Crippen molar-refractivity contribution in [1.29, 1.82) is 0 Å². The van der Waals surface area contributed by atoms with Crippen molar-refractivity contribution in [2.45, 2.75) is 13.1 Å². The highest BCUT2D eigenvalue weighted by molar-refractivity contribution is 6.33. The number of imidazole rings is 1. The van der Waals surface area contributed by atoms with Gasteiger partial charge in [-0.15, -0.1) is 0 Å². The van der Waals surface area contributed by atoms with Crippen LogP contribution in [0.15, 0.2) is 59.4 Å². The second kappa shape index (κ2) is 8.51. The lowest BCUT2D eigenvalue weighted by atomic mass is 10.1. The molecule has 0 saturated carbocycles. The number of nitrogens with one attached hydrogen (secondary N) is 2. The number of pyridine rings is 1. The first-order chi connectivity index (χ1) is 16.7. The molecule has 2 N–H and O–H groups in total. The van der Waals surface area contributed by atoms with Crippen molar-refractivity contribution >= 4 is 34.2 Å². The van der Waals surface area contributed by atoms with E-state index in [1.54, 1.807) is 30.3 Å². The Morgan fingerprint density at radius 2 is 1.91 bits per heavy atom. The molecule has 0 atom stereocenters. The number of H-pyrrole nitrogens is 1. The van der Waals surface area contributed by atoms with E-state index in [1.165, 1.54) is 13.3 Å². The van der Waals surface area contributed by atoms with Crippen molar-refractivity contribution in [3.8, 4) is 22.8 Å². The molecule has 0 unspecified atom stereocenters. The molecule has 0 aliphatic rings. The molecule has 5 rings (SSSR count). The number of halogens is 4. The molecule has 0 fully saturated rings. The van der Waals surface area contributed by atoms with Crippen molar-refractivity contribution in [2.24, 2.45) is 0 Å². The van der Waals surface area contributed by atoms with Gasteiger partial charge in [0.05, 0.1) is 27.3 Å². The van der Waals surface area contributed by atoms with Crippen LogP contribution >= 0.6 is 11.6 Å². The Morgan fingerprint density at radius 1 is 1.09 bits per heavy atom. The van der Waals surface area contributed by atoms with Gasteiger partial charge in [-0.2, -0.15) is 18.2 Å². The van der Waals surface area contributed by atoms with E-state index < -0.39 is 17.8 Å². The number of rotatable bonds is 4. The van der Waals surface area contributed by atoms with Gasteiger partial charge in [0.15, 0.2) is 0 Å². The highest BCUT2D eigenvalue weighted by Gasteiger charge is 2.33. The van der Waals surface area contributed by atoms with Crippen molar-refractivity contribution < 1.29 is 22.5 Å². The highest BCUT2D eigenvalue weighted by atomic mass is 35.5. The summed E-state index contributed by atoms with van der Waals surface area (Å²) in [7, 11) is 0. The lowest BCUT2D eigenvalue weighted by Gasteiger charge is -2.11. The van der Waals surface area contributed by atoms with Crippen LogP contribution in [0.5, 0.6) is 0 Å². The summed E-state index contributed by atoms with van der Waals surface area (Å²) in [5, 5.41) is 6.87. The van der Waals surface area contributed by atoms with Crippen molar-refractivity contribution in [3.63, 3.8) is 0 Å². The first kappa shape index (κ1) is 22.5. The Kier molecular flexibility index (Phi) is 5.48. The number of amides is 1. The van der Waals surface area contributed by atoms with E-state index in [0.717, 1.165) is 17.7 Å². The molecule has 1 amide bonds. The third kappa shape index (κ3) is 4.45. The highest BCUT2D eigenvalue weighted by Crippen LogP contribution is 2.32. The summed E-state index contributed by atoms with van der Waals surface area (Å²) >= 11 is 6.39. The van der Waals surface area contributed by atoms with Crippen molar-refractivity contribution in [1.82, 2.24) is 25.1 Å². The zero-order chi connectivity index (χ0) is 24.7. The van der Waals surface area contributed by atoms with Crippen LogP contribution in [-0.2, 0) is 6.18 Å². The lowest BCUT2D eigenvalue weighted by Crippen LogP contribution is -2.16. The number of aromatic nitrogens is 5. The van der Waals surface area contributed by atoms with Gasteiger partial charge in [-0.3, -0.25) is 4.79 Å². The van der Waals surface area contributed by atoms with Crippen LogP contribution in [0, 0.1) is 6.92 Å². The number of aryl methyl sites for hydroxylation is 1. The number of carbonyl (C=O) groups excluding carboxylic acids is 1. The topological polar surface area (TPSA) is 110 Å². The maximum absolute atomic E-state index is 12.9. The largest absolute Gasteiger partial charge is 0.433 e. The minimum Gasteiger partial charge on any atom is -0.342 e. The molecule has 5 aromatic rings. The molecule has 0 aliphatic carbocycles. The first-order valence-corrected chi connectivity index (χ1v) is 10.5. The van der Waals surface area contributed by atoms with E-state index in [-0.39, 0.29) is 11.3 Å². The minimum absolute atomic E-state index is 0.0206. The molecule has 12 heteroatoms. The number of fused-ring (bicyclic) bond motifs is 1. The fourth-order valence-corrected chi connectivity index (χ4v) is 3.72. The van der Waals surface area contributed by atoms with Crippen LogP contribution in [0.3, 0.4) is 0 Å². The number of anilines is 1. The average Bonchev–Trinajstić information content (AvgIpc) is 3.49. The number of nitrogens with zero attached hydrogens (tertiary/aromatic N) is 4. The summed E-state index contributed by atoms with van der Waals surface area (Å²) in [6, 6.07) is 12.1. The number of hydrogen-bond donors (Lipinski definition) is 2. The van der Waals surface area contributed by atoms with Gasteiger partial charge >= 0.3 is 6.18 Å². The molecule has 3 heterocycles. The van der Waals surface area contributed by atoms with Crippen LogP contribution in [0.4, 0.5) is 18.9 Å². The maximum atomic E-state index is 12.9. The molecule has 0 saturated heterocycles. The molecule has 0 radical (unpaired) electrons. The van der Waals surface area contributed by atoms with Gasteiger partial charge < -0.3 is 14.8 Å². The Labute approximate surface area is 200 Å². The van der Waals surface area contributed by atoms with Crippen molar-refractivity contribution in [3.05, 3.63) is 76.9 Å². The number of benzene rings is 2. The summed E-state index contributed by atoms with van der Waals surface area (Å²) in [5.74, 6) is 0.281. The third-order valence-electron chi connectivity index (χ3n) is 5.20. The number of aromatic amines is 1.